The van der Waals surface area contributed by atoms with Crippen LogP contribution in [0, 0.1) is 0 Å². The molecule has 0 aliphatic carbocycles. The second kappa shape index (κ2) is 5.17. The van der Waals surface area contributed by atoms with Crippen LogP contribution in [0.2, 0.25) is 0 Å². The van der Waals surface area contributed by atoms with E-state index in [0.717, 1.165) is 17.7 Å². The molecule has 1 N–H and O–H groups in total. The van der Waals surface area contributed by atoms with Crippen molar-refractivity contribution in [2.45, 2.75) is 43.0 Å². The molecule has 1 heterocycles. The van der Waals surface area contributed by atoms with Crippen molar-refractivity contribution in [3.63, 3.8) is 0 Å². The molecule has 1 aromatic carbocycles. The minimum absolute atomic E-state index is 0.276. The zero-order valence-electron chi connectivity index (χ0n) is 11.0. The van der Waals surface area contributed by atoms with Gasteiger partial charge < -0.3 is 5.32 Å². The van der Waals surface area contributed by atoms with E-state index in [4.69, 9.17) is 0 Å². The van der Waals surface area contributed by atoms with E-state index < -0.39 is 11.8 Å². The van der Waals surface area contributed by atoms with Gasteiger partial charge in [0.15, 0.2) is 0 Å². The lowest BCUT2D eigenvalue weighted by molar-refractivity contribution is 0.0406. The van der Waals surface area contributed by atoms with Crippen LogP contribution in [0.25, 0.3) is 0 Å². The molecule has 2 atom stereocenters. The summed E-state index contributed by atoms with van der Waals surface area (Å²) in [4.78, 5) is 1.17. The van der Waals surface area contributed by atoms with Gasteiger partial charge in [0, 0.05) is 16.7 Å². The van der Waals surface area contributed by atoms with Gasteiger partial charge in [0.2, 0.25) is 6.43 Å². The Labute approximate surface area is 111 Å². The quantitative estimate of drug-likeness (QED) is 0.900. The second-order valence-corrected chi connectivity index (χ2v) is 6.15. The number of alkyl halides is 2. The summed E-state index contributed by atoms with van der Waals surface area (Å²) in [7, 11) is 1.73. The van der Waals surface area contributed by atoms with Gasteiger partial charge in [-0.3, -0.25) is 0 Å². The number of aryl methyl sites for hydroxylation is 1. The summed E-state index contributed by atoms with van der Waals surface area (Å²) >= 11 is 1.76. The molecule has 0 fully saturated rings. The van der Waals surface area contributed by atoms with E-state index in [9.17, 15) is 8.78 Å². The minimum atomic E-state index is -2.38. The maximum Gasteiger partial charge on any atom is 0.249 e. The molecule has 2 unspecified atom stereocenters. The third kappa shape index (κ3) is 2.16. The van der Waals surface area contributed by atoms with Crippen LogP contribution in [-0.4, -0.2) is 25.3 Å². The summed E-state index contributed by atoms with van der Waals surface area (Å²) in [5.74, 6) is 1.06. The fraction of sp³-hybridized carbons (Fsp3) is 0.571. The molecule has 1 aliphatic heterocycles. The average Bonchev–Trinajstić information content (AvgIpc) is 2.83. The highest BCUT2D eigenvalue weighted by Crippen LogP contribution is 2.39. The summed E-state index contributed by atoms with van der Waals surface area (Å²) < 4.78 is 27.0. The molecule has 0 spiro atoms. The topological polar surface area (TPSA) is 12.0 Å². The van der Waals surface area contributed by atoms with Gasteiger partial charge in [0.1, 0.15) is 0 Å². The number of hydrogen-bond donors (Lipinski definition) is 1. The van der Waals surface area contributed by atoms with E-state index in [1.54, 1.807) is 25.7 Å². The van der Waals surface area contributed by atoms with Gasteiger partial charge in [-0.1, -0.05) is 12.1 Å². The maximum absolute atomic E-state index is 13.5. The number of benzene rings is 1. The van der Waals surface area contributed by atoms with Crippen molar-refractivity contribution in [1.82, 2.24) is 5.32 Å². The number of hydrogen-bond acceptors (Lipinski definition) is 2. The normalized spacial score (nSPS) is 19.7. The minimum Gasteiger partial charge on any atom is -0.316 e. The molecule has 0 radical (unpaired) electrons. The summed E-state index contributed by atoms with van der Waals surface area (Å²) in [6.45, 7) is 3.45. The van der Waals surface area contributed by atoms with E-state index in [-0.39, 0.29) is 6.04 Å². The molecule has 0 saturated carbocycles. The van der Waals surface area contributed by atoms with Crippen LogP contribution in [0.5, 0.6) is 0 Å². The number of halogens is 2. The van der Waals surface area contributed by atoms with Crippen molar-refractivity contribution >= 4 is 11.8 Å². The molecule has 2 rings (SSSR count). The highest BCUT2D eigenvalue weighted by molar-refractivity contribution is 7.99. The van der Waals surface area contributed by atoms with Crippen molar-refractivity contribution in [1.29, 1.82) is 0 Å². The van der Waals surface area contributed by atoms with Gasteiger partial charge in [0.05, 0.1) is 5.41 Å². The summed E-state index contributed by atoms with van der Waals surface area (Å²) in [5, 5.41) is 2.97. The van der Waals surface area contributed by atoms with Gasteiger partial charge >= 0.3 is 0 Å². The van der Waals surface area contributed by atoms with E-state index in [0.29, 0.717) is 0 Å². The van der Waals surface area contributed by atoms with Gasteiger partial charge in [-0.15, -0.1) is 11.8 Å². The largest absolute Gasteiger partial charge is 0.316 e. The third-order valence-corrected chi connectivity index (χ3v) is 5.20. The van der Waals surface area contributed by atoms with Crippen molar-refractivity contribution in [3.05, 3.63) is 29.3 Å². The lowest BCUT2D eigenvalue weighted by atomic mass is 9.76. The number of fused-ring (bicyclic) bond motifs is 1. The first-order valence-electron chi connectivity index (χ1n) is 6.21. The monoisotopic (exact) mass is 271 g/mol. The first-order chi connectivity index (χ1) is 8.50. The first kappa shape index (κ1) is 13.8. The third-order valence-electron chi connectivity index (χ3n) is 4.10. The molecule has 18 heavy (non-hydrogen) atoms. The number of nitrogens with one attached hydrogen (secondary N) is 1. The van der Waals surface area contributed by atoms with Gasteiger partial charge in [-0.2, -0.15) is 0 Å². The van der Waals surface area contributed by atoms with Gasteiger partial charge in [-0.25, -0.2) is 8.78 Å². The predicted octanol–water partition coefficient (Wildman–Crippen LogP) is 3.47. The molecule has 100 valence electrons. The molecule has 1 aliphatic rings. The van der Waals surface area contributed by atoms with E-state index in [2.05, 4.69) is 5.32 Å². The Morgan fingerprint density at radius 3 is 2.72 bits per heavy atom. The highest BCUT2D eigenvalue weighted by atomic mass is 32.2. The summed E-state index contributed by atoms with van der Waals surface area (Å²) in [6.07, 6.45) is -1.34. The van der Waals surface area contributed by atoms with Gasteiger partial charge in [-0.05, 0) is 44.5 Å². The highest BCUT2D eigenvalue weighted by Gasteiger charge is 2.41. The van der Waals surface area contributed by atoms with E-state index in [1.165, 1.54) is 10.5 Å². The smallest absolute Gasteiger partial charge is 0.249 e. The summed E-state index contributed by atoms with van der Waals surface area (Å²) in [6, 6.07) is 5.55. The van der Waals surface area contributed by atoms with Gasteiger partial charge in [0.25, 0.3) is 0 Å². The van der Waals surface area contributed by atoms with Crippen molar-refractivity contribution < 1.29 is 8.78 Å². The molecule has 1 aromatic rings. The Kier molecular flexibility index (Phi) is 3.97. The average molecular weight is 271 g/mol. The number of thioether (sulfide) groups is 1. The predicted molar refractivity (Wildman–Crippen MR) is 72.7 cm³/mol. The molecule has 0 amide bonds. The molecular weight excluding hydrogens is 252 g/mol. The fourth-order valence-corrected chi connectivity index (χ4v) is 3.47. The van der Waals surface area contributed by atoms with Crippen LogP contribution in [0.3, 0.4) is 0 Å². The standard InChI is InChI=1S/C14H19F2NS/c1-9(17-3)14(2,13(15)16)11-5-4-10-6-7-18-12(10)8-11/h4-5,8-9,13,17H,6-7H2,1-3H3. The molecule has 4 heteroatoms. The Bertz CT molecular complexity index is 436. The fourth-order valence-electron chi connectivity index (χ4n) is 2.37. The molecular formula is C14H19F2NS. The summed E-state index contributed by atoms with van der Waals surface area (Å²) in [5.41, 5.74) is 0.873. The van der Waals surface area contributed by atoms with Crippen LogP contribution in [0.4, 0.5) is 8.78 Å². The van der Waals surface area contributed by atoms with Crippen LogP contribution >= 0.6 is 11.8 Å². The maximum atomic E-state index is 13.5. The zero-order chi connectivity index (χ0) is 13.3. The van der Waals surface area contributed by atoms with E-state index >= 15 is 0 Å². The lowest BCUT2D eigenvalue weighted by Crippen LogP contribution is -2.48. The molecule has 0 bridgehead atoms. The Hall–Kier alpha value is -0.610. The molecule has 1 nitrogen and oxygen atoms in total. The van der Waals surface area contributed by atoms with E-state index in [1.807, 2.05) is 25.1 Å². The zero-order valence-corrected chi connectivity index (χ0v) is 11.8. The SMILES string of the molecule is CNC(C)C(C)(c1ccc2c(c1)SCC2)C(F)F. The van der Waals surface area contributed by atoms with Crippen LogP contribution in [0.15, 0.2) is 23.1 Å². The Morgan fingerprint density at radius 2 is 2.11 bits per heavy atom. The van der Waals surface area contributed by atoms with Crippen molar-refractivity contribution in [3.8, 4) is 0 Å². The van der Waals surface area contributed by atoms with Crippen molar-refractivity contribution in [2.24, 2.45) is 0 Å². The number of rotatable bonds is 4. The van der Waals surface area contributed by atoms with Crippen molar-refractivity contribution in [2.75, 3.05) is 12.8 Å². The van der Waals surface area contributed by atoms with Crippen LogP contribution in [-0.2, 0) is 11.8 Å². The molecule has 0 saturated heterocycles. The van der Waals surface area contributed by atoms with Crippen LogP contribution < -0.4 is 5.32 Å². The second-order valence-electron chi connectivity index (χ2n) is 5.01. The number of likely N-dealkylation sites (N-methyl/N-ethyl adjacent to an activating group) is 1. The first-order valence-corrected chi connectivity index (χ1v) is 7.20. The Balaban J connectivity index is 2.43. The lowest BCUT2D eigenvalue weighted by Gasteiger charge is -2.35. The van der Waals surface area contributed by atoms with Crippen LogP contribution in [0.1, 0.15) is 25.0 Å². The molecule has 0 aromatic heterocycles. The Morgan fingerprint density at radius 1 is 1.39 bits per heavy atom.